The van der Waals surface area contributed by atoms with Gasteiger partial charge < -0.3 is 25.1 Å². The fraction of sp³-hybridized carbons (Fsp3) is 0.786. The third-order valence-corrected chi connectivity index (χ3v) is 12.3. The van der Waals surface area contributed by atoms with Gasteiger partial charge in [-0.25, -0.2) is 9.59 Å². The lowest BCUT2D eigenvalue weighted by molar-refractivity contribution is -0.159. The van der Waals surface area contributed by atoms with E-state index in [2.05, 4.69) is 31.7 Å². The van der Waals surface area contributed by atoms with Gasteiger partial charge in [0.15, 0.2) is 0 Å². The summed E-state index contributed by atoms with van der Waals surface area (Å²) in [5, 5.41) is 15.7. The number of thioether (sulfide) groups is 1. The van der Waals surface area contributed by atoms with Crippen LogP contribution in [0.5, 0.6) is 0 Å². The number of nitrogens with two attached hydrogens (primary N) is 1. The lowest BCUT2D eigenvalue weighted by Crippen LogP contribution is -2.58. The molecule has 4 N–H and O–H groups in total. The highest BCUT2D eigenvalue weighted by Gasteiger charge is 2.80. The highest BCUT2D eigenvalue weighted by molar-refractivity contribution is 7.99. The van der Waals surface area contributed by atoms with Crippen LogP contribution >= 0.6 is 11.8 Å². The molecule has 5 fully saturated rings. The van der Waals surface area contributed by atoms with Crippen LogP contribution in [-0.2, 0) is 14.3 Å². The van der Waals surface area contributed by atoms with Crippen molar-refractivity contribution in [2.24, 2.45) is 34.3 Å². The number of carboxylic acids is 2. The van der Waals surface area contributed by atoms with E-state index in [1.807, 2.05) is 12.5 Å². The Balaban J connectivity index is 0.000000400. The SMILES string of the molecule is C[C@]12CC[C@H](SCCCN)C[C@@H]1CC[C@@H]1[C@@H]2CC[C@]2(C)[C@@H](c3ccoc3)C[C@H]3O[C@]132.O=C(O)C(=O)O. The molecule has 0 radical (unpaired) electrons. The molecule has 0 unspecified atom stereocenters. The van der Waals surface area contributed by atoms with Crippen molar-refractivity contribution in [1.29, 1.82) is 0 Å². The van der Waals surface area contributed by atoms with Gasteiger partial charge in [-0.2, -0.15) is 11.8 Å². The number of carbonyl (C=O) groups is 2. The Bertz CT molecular complexity index is 957. The summed E-state index contributed by atoms with van der Waals surface area (Å²) < 4.78 is 12.2. The van der Waals surface area contributed by atoms with E-state index in [-0.39, 0.29) is 5.60 Å². The molecule has 2 heterocycles. The van der Waals surface area contributed by atoms with Crippen LogP contribution in [0, 0.1) is 28.6 Å². The van der Waals surface area contributed by atoms with Gasteiger partial charge in [0.1, 0.15) is 5.60 Å². The Morgan fingerprint density at radius 3 is 2.53 bits per heavy atom. The minimum Gasteiger partial charge on any atom is -0.473 e. The van der Waals surface area contributed by atoms with E-state index in [4.69, 9.17) is 34.7 Å². The number of furan rings is 1. The zero-order chi connectivity index (χ0) is 25.7. The fourth-order valence-electron chi connectivity index (χ4n) is 9.11. The van der Waals surface area contributed by atoms with Crippen molar-refractivity contribution < 1.29 is 29.0 Å². The molecular formula is C28H41NO6S. The molecule has 0 aromatic carbocycles. The molecule has 6 rings (SSSR count). The van der Waals surface area contributed by atoms with E-state index in [0.29, 0.717) is 22.9 Å². The maximum atomic E-state index is 9.10. The second-order valence-electron chi connectivity index (χ2n) is 12.2. The summed E-state index contributed by atoms with van der Waals surface area (Å²) in [6, 6.07) is 2.21. The first kappa shape index (κ1) is 26.1. The molecule has 9 atom stereocenters. The Morgan fingerprint density at radius 1 is 1.08 bits per heavy atom. The number of hydrogen-bond acceptors (Lipinski definition) is 6. The number of ether oxygens (including phenoxy) is 1. The van der Waals surface area contributed by atoms with E-state index in [1.54, 1.807) is 0 Å². The van der Waals surface area contributed by atoms with Gasteiger partial charge in [0.2, 0.25) is 0 Å². The van der Waals surface area contributed by atoms with Crippen LogP contribution in [0.25, 0.3) is 0 Å². The topological polar surface area (TPSA) is 126 Å². The average Bonchev–Trinajstić information content (AvgIpc) is 3.19. The van der Waals surface area contributed by atoms with Gasteiger partial charge >= 0.3 is 11.9 Å². The number of hydrogen-bond donors (Lipinski definition) is 3. The van der Waals surface area contributed by atoms with Crippen molar-refractivity contribution in [2.45, 2.75) is 94.5 Å². The van der Waals surface area contributed by atoms with Crippen molar-refractivity contribution in [3.05, 3.63) is 24.2 Å². The van der Waals surface area contributed by atoms with Crippen molar-refractivity contribution >= 4 is 23.7 Å². The standard InChI is InChI=1S/C26H39NO2S.C2H2O4/c1-24-9-6-19(30-13-3-11-27)14-18(24)4-5-21-20(24)7-10-25(2)22(17-8-12-28-16-17)15-23-26(21,25)29-23;3-1(4)2(5)6/h8,12,16,18-23H,3-7,9-11,13-15,27H2,1-2H3;(H,3,4)(H,5,6)/t18-,19-,20-,21+,22+,23+,24-,25+,26+;/m0./s1. The van der Waals surface area contributed by atoms with Crippen molar-refractivity contribution in [1.82, 2.24) is 0 Å². The molecule has 1 aliphatic heterocycles. The van der Waals surface area contributed by atoms with Crippen LogP contribution in [0.3, 0.4) is 0 Å². The molecule has 8 heteroatoms. The van der Waals surface area contributed by atoms with E-state index in [9.17, 15) is 0 Å². The Hall–Kier alpha value is -1.51. The number of aliphatic carboxylic acids is 2. The summed E-state index contributed by atoms with van der Waals surface area (Å²) in [6.45, 7) is 6.08. The number of fused-ring (bicyclic) bond motifs is 3. The number of carboxylic acid groups (broad SMARTS) is 2. The molecule has 1 aromatic rings. The lowest BCUT2D eigenvalue weighted by Gasteiger charge is -2.61. The maximum absolute atomic E-state index is 9.10. The minimum atomic E-state index is -1.82. The van der Waals surface area contributed by atoms with Gasteiger partial charge in [-0.1, -0.05) is 13.8 Å². The highest BCUT2D eigenvalue weighted by Crippen LogP contribution is 2.78. The summed E-state index contributed by atoms with van der Waals surface area (Å²) in [6.07, 6.45) is 16.6. The molecule has 4 saturated carbocycles. The molecule has 5 aliphatic rings. The second kappa shape index (κ2) is 9.66. The summed E-state index contributed by atoms with van der Waals surface area (Å²) in [7, 11) is 0. The van der Waals surface area contributed by atoms with Gasteiger partial charge in [0, 0.05) is 10.7 Å². The first-order valence-corrected chi connectivity index (χ1v) is 14.7. The van der Waals surface area contributed by atoms with Crippen LogP contribution in [0.2, 0.25) is 0 Å². The first-order valence-electron chi connectivity index (χ1n) is 13.6. The quantitative estimate of drug-likeness (QED) is 0.277. The summed E-state index contributed by atoms with van der Waals surface area (Å²) in [5.74, 6) is 0.796. The third kappa shape index (κ3) is 4.02. The highest BCUT2D eigenvalue weighted by atomic mass is 32.2. The number of epoxide rings is 1. The van der Waals surface area contributed by atoms with E-state index in [1.165, 1.54) is 69.1 Å². The van der Waals surface area contributed by atoms with Gasteiger partial charge in [0.05, 0.1) is 18.6 Å². The molecule has 0 amide bonds. The molecule has 1 spiro atoms. The minimum absolute atomic E-state index is 0.165. The predicted octanol–water partition coefficient (Wildman–Crippen LogP) is 5.14. The van der Waals surface area contributed by atoms with Crippen LogP contribution in [0.1, 0.15) is 83.1 Å². The summed E-state index contributed by atoms with van der Waals surface area (Å²) >= 11 is 2.21. The number of rotatable bonds is 5. The summed E-state index contributed by atoms with van der Waals surface area (Å²) in [5.41, 5.74) is 8.14. The van der Waals surface area contributed by atoms with Crippen molar-refractivity contribution in [3.63, 3.8) is 0 Å². The average molecular weight is 520 g/mol. The zero-order valence-electron chi connectivity index (χ0n) is 21.5. The third-order valence-electron chi connectivity index (χ3n) is 10.9. The van der Waals surface area contributed by atoms with Gasteiger partial charge in [-0.05, 0) is 111 Å². The van der Waals surface area contributed by atoms with Gasteiger partial charge in [-0.3, -0.25) is 0 Å². The zero-order valence-corrected chi connectivity index (χ0v) is 22.3. The van der Waals surface area contributed by atoms with Gasteiger partial charge in [0.25, 0.3) is 0 Å². The molecule has 200 valence electrons. The van der Waals surface area contributed by atoms with Crippen LogP contribution in [0.4, 0.5) is 0 Å². The van der Waals surface area contributed by atoms with Crippen LogP contribution in [0.15, 0.2) is 23.0 Å². The van der Waals surface area contributed by atoms with Crippen molar-refractivity contribution in [3.8, 4) is 0 Å². The molecule has 0 bridgehead atoms. The monoisotopic (exact) mass is 519 g/mol. The Labute approximate surface area is 217 Å². The van der Waals surface area contributed by atoms with Crippen molar-refractivity contribution in [2.75, 3.05) is 12.3 Å². The summed E-state index contributed by atoms with van der Waals surface area (Å²) in [4.78, 5) is 18.2. The molecule has 1 aromatic heterocycles. The smallest absolute Gasteiger partial charge is 0.414 e. The maximum Gasteiger partial charge on any atom is 0.414 e. The second-order valence-corrected chi connectivity index (χ2v) is 13.6. The Morgan fingerprint density at radius 2 is 1.86 bits per heavy atom. The molecular weight excluding hydrogens is 478 g/mol. The largest absolute Gasteiger partial charge is 0.473 e. The van der Waals surface area contributed by atoms with E-state index >= 15 is 0 Å². The molecule has 1 saturated heterocycles. The van der Waals surface area contributed by atoms with E-state index in [0.717, 1.165) is 29.5 Å². The van der Waals surface area contributed by atoms with Crippen LogP contribution in [-0.4, -0.2) is 51.4 Å². The Kier molecular flexibility index (Phi) is 7.01. The predicted molar refractivity (Wildman–Crippen MR) is 138 cm³/mol. The van der Waals surface area contributed by atoms with Gasteiger partial charge in [-0.15, -0.1) is 0 Å². The molecule has 4 aliphatic carbocycles. The molecule has 36 heavy (non-hydrogen) atoms. The first-order chi connectivity index (χ1) is 17.2. The van der Waals surface area contributed by atoms with Crippen LogP contribution < -0.4 is 5.73 Å². The molecule has 7 nitrogen and oxygen atoms in total. The lowest BCUT2D eigenvalue weighted by atomic mass is 9.44. The normalized spacial score (nSPS) is 44.2. The fourth-order valence-corrected chi connectivity index (χ4v) is 10.4. The van der Waals surface area contributed by atoms with E-state index < -0.39 is 11.9 Å².